The maximum Gasteiger partial charge on any atom is 0.256 e. The predicted molar refractivity (Wildman–Crippen MR) is 82.8 cm³/mol. The average molecular weight is 330 g/mol. The highest BCUT2D eigenvalue weighted by Crippen LogP contribution is 2.21. The van der Waals surface area contributed by atoms with E-state index in [1.165, 1.54) is 0 Å². The summed E-state index contributed by atoms with van der Waals surface area (Å²) in [6.45, 7) is 0. The van der Waals surface area contributed by atoms with E-state index in [0.717, 1.165) is 15.2 Å². The average Bonchev–Trinajstić information content (AvgIpc) is 2.83. The van der Waals surface area contributed by atoms with E-state index in [4.69, 9.17) is 0 Å². The van der Waals surface area contributed by atoms with Crippen molar-refractivity contribution in [3.05, 3.63) is 58.7 Å². The van der Waals surface area contributed by atoms with Gasteiger partial charge in [0.05, 0.1) is 6.20 Å². The summed E-state index contributed by atoms with van der Waals surface area (Å²) in [5.74, 6) is 0.532. The molecular weight excluding hydrogens is 318 g/mol. The molecule has 0 fully saturated rings. The molecule has 5 heteroatoms. The Kier molecular flexibility index (Phi) is 3.28. The van der Waals surface area contributed by atoms with E-state index in [1.54, 1.807) is 24.0 Å². The molecule has 1 aromatic heterocycles. The van der Waals surface area contributed by atoms with Crippen molar-refractivity contribution in [2.75, 3.05) is 5.32 Å². The zero-order valence-electron chi connectivity index (χ0n) is 10.8. The maximum atomic E-state index is 12.2. The van der Waals surface area contributed by atoms with E-state index >= 15 is 0 Å². The Bertz CT molecular complexity index is 795. The molecule has 0 spiro atoms. The fourth-order valence-electron chi connectivity index (χ4n) is 2.04. The van der Waals surface area contributed by atoms with Crippen molar-refractivity contribution in [3.63, 3.8) is 0 Å². The van der Waals surface area contributed by atoms with Gasteiger partial charge in [-0.15, -0.1) is 0 Å². The van der Waals surface area contributed by atoms with Gasteiger partial charge in [0.2, 0.25) is 0 Å². The fourth-order valence-corrected chi connectivity index (χ4v) is 2.42. The number of aryl methyl sites for hydroxylation is 1. The Hall–Kier alpha value is -2.14. The molecule has 1 heterocycles. The topological polar surface area (TPSA) is 46.9 Å². The van der Waals surface area contributed by atoms with Gasteiger partial charge in [-0.3, -0.25) is 9.48 Å². The van der Waals surface area contributed by atoms with Crippen LogP contribution in [0.25, 0.3) is 10.8 Å². The number of nitrogens with zero attached hydrogens (tertiary/aromatic N) is 2. The first-order valence-corrected chi connectivity index (χ1v) is 6.91. The number of benzene rings is 2. The monoisotopic (exact) mass is 329 g/mol. The van der Waals surface area contributed by atoms with Gasteiger partial charge in [0.25, 0.3) is 5.91 Å². The van der Waals surface area contributed by atoms with Crippen LogP contribution in [-0.4, -0.2) is 15.7 Å². The number of carbonyl (C=O) groups excluding carboxylic acids is 1. The second kappa shape index (κ2) is 5.09. The van der Waals surface area contributed by atoms with Crippen molar-refractivity contribution in [3.8, 4) is 0 Å². The maximum absolute atomic E-state index is 12.2. The first-order valence-electron chi connectivity index (χ1n) is 6.12. The molecule has 1 amide bonds. The van der Waals surface area contributed by atoms with E-state index in [1.807, 2.05) is 36.4 Å². The Morgan fingerprint density at radius 3 is 2.65 bits per heavy atom. The molecule has 4 nitrogen and oxygen atoms in total. The second-order valence-corrected chi connectivity index (χ2v) is 5.42. The number of anilines is 1. The van der Waals surface area contributed by atoms with Gasteiger partial charge in [0, 0.05) is 23.2 Å². The molecule has 0 bridgehead atoms. The van der Waals surface area contributed by atoms with E-state index in [2.05, 4.69) is 26.3 Å². The molecule has 0 saturated carbocycles. The molecule has 3 rings (SSSR count). The van der Waals surface area contributed by atoms with Crippen molar-refractivity contribution in [1.29, 1.82) is 0 Å². The Labute approximate surface area is 124 Å². The molecule has 3 aromatic rings. The first kappa shape index (κ1) is 12.9. The molecular formula is C15H12BrN3O. The summed E-state index contributed by atoms with van der Waals surface area (Å²) in [7, 11) is 1.79. The van der Waals surface area contributed by atoms with Crippen LogP contribution < -0.4 is 5.32 Å². The van der Waals surface area contributed by atoms with Crippen molar-refractivity contribution >= 4 is 38.4 Å². The summed E-state index contributed by atoms with van der Waals surface area (Å²) in [4.78, 5) is 12.2. The summed E-state index contributed by atoms with van der Waals surface area (Å²) < 4.78 is 2.65. The lowest BCUT2D eigenvalue weighted by atomic mass is 10.1. The van der Waals surface area contributed by atoms with E-state index in [-0.39, 0.29) is 5.91 Å². The van der Waals surface area contributed by atoms with Crippen LogP contribution in [0.1, 0.15) is 10.4 Å². The van der Waals surface area contributed by atoms with Crippen LogP contribution in [0, 0.1) is 0 Å². The van der Waals surface area contributed by atoms with Gasteiger partial charge in [-0.2, -0.15) is 5.10 Å². The lowest BCUT2D eigenvalue weighted by Gasteiger charge is -2.06. The quantitative estimate of drug-likeness (QED) is 0.781. The Balaban J connectivity index is 1.92. The SMILES string of the molecule is Cn1nccc1NC(=O)c1ccc2cc(Br)ccc2c1. The molecule has 0 atom stereocenters. The fraction of sp³-hybridized carbons (Fsp3) is 0.0667. The number of carbonyl (C=O) groups is 1. The molecule has 2 aromatic carbocycles. The van der Waals surface area contributed by atoms with E-state index in [0.29, 0.717) is 11.4 Å². The smallest absolute Gasteiger partial charge is 0.256 e. The number of fused-ring (bicyclic) bond motifs is 1. The molecule has 20 heavy (non-hydrogen) atoms. The summed E-state index contributed by atoms with van der Waals surface area (Å²) >= 11 is 3.44. The van der Waals surface area contributed by atoms with Crippen LogP contribution in [0.4, 0.5) is 5.82 Å². The minimum atomic E-state index is -0.140. The molecule has 0 radical (unpaired) electrons. The Morgan fingerprint density at radius 2 is 1.90 bits per heavy atom. The van der Waals surface area contributed by atoms with Crippen molar-refractivity contribution < 1.29 is 4.79 Å². The molecule has 0 aliphatic heterocycles. The third kappa shape index (κ3) is 2.44. The lowest BCUT2D eigenvalue weighted by molar-refractivity contribution is 0.102. The molecule has 0 aliphatic rings. The molecule has 0 unspecified atom stereocenters. The standard InChI is InChI=1S/C15H12BrN3O/c1-19-14(6-7-17-19)18-15(20)12-3-2-11-9-13(16)5-4-10(11)8-12/h2-9H,1H3,(H,18,20). The molecule has 0 aliphatic carbocycles. The highest BCUT2D eigenvalue weighted by Gasteiger charge is 2.09. The third-order valence-corrected chi connectivity index (χ3v) is 3.62. The number of hydrogen-bond acceptors (Lipinski definition) is 2. The number of amides is 1. The van der Waals surface area contributed by atoms with Crippen LogP contribution in [0.2, 0.25) is 0 Å². The van der Waals surface area contributed by atoms with E-state index in [9.17, 15) is 4.79 Å². The van der Waals surface area contributed by atoms with E-state index < -0.39 is 0 Å². The summed E-state index contributed by atoms with van der Waals surface area (Å²) in [6, 6.07) is 13.4. The lowest BCUT2D eigenvalue weighted by Crippen LogP contribution is -2.14. The number of aromatic nitrogens is 2. The zero-order valence-corrected chi connectivity index (χ0v) is 12.4. The molecule has 0 saturated heterocycles. The third-order valence-electron chi connectivity index (χ3n) is 3.13. The predicted octanol–water partition coefficient (Wildman–Crippen LogP) is 3.59. The van der Waals surface area contributed by atoms with Crippen molar-refractivity contribution in [2.45, 2.75) is 0 Å². The van der Waals surface area contributed by atoms with Gasteiger partial charge >= 0.3 is 0 Å². The van der Waals surface area contributed by atoms with Gasteiger partial charge < -0.3 is 5.32 Å². The van der Waals surface area contributed by atoms with Crippen molar-refractivity contribution in [2.24, 2.45) is 7.05 Å². The second-order valence-electron chi connectivity index (χ2n) is 4.50. The normalized spacial score (nSPS) is 10.7. The molecule has 1 N–H and O–H groups in total. The van der Waals surface area contributed by atoms with Crippen LogP contribution in [0.5, 0.6) is 0 Å². The summed E-state index contributed by atoms with van der Waals surface area (Å²) in [5.41, 5.74) is 0.626. The summed E-state index contributed by atoms with van der Waals surface area (Å²) in [5, 5.41) is 8.98. The number of halogens is 1. The zero-order chi connectivity index (χ0) is 14.1. The highest BCUT2D eigenvalue weighted by atomic mass is 79.9. The van der Waals surface area contributed by atoms with Crippen LogP contribution in [-0.2, 0) is 7.05 Å². The Morgan fingerprint density at radius 1 is 1.15 bits per heavy atom. The first-order chi connectivity index (χ1) is 9.63. The van der Waals surface area contributed by atoms with Crippen LogP contribution in [0.15, 0.2) is 53.1 Å². The van der Waals surface area contributed by atoms with Gasteiger partial charge in [-0.05, 0) is 35.0 Å². The van der Waals surface area contributed by atoms with Crippen molar-refractivity contribution in [1.82, 2.24) is 9.78 Å². The largest absolute Gasteiger partial charge is 0.307 e. The van der Waals surface area contributed by atoms with Gasteiger partial charge in [-0.1, -0.05) is 28.1 Å². The van der Waals surface area contributed by atoms with Crippen LogP contribution in [0.3, 0.4) is 0 Å². The van der Waals surface area contributed by atoms with Crippen LogP contribution >= 0.6 is 15.9 Å². The number of nitrogens with one attached hydrogen (secondary N) is 1. The summed E-state index contributed by atoms with van der Waals surface area (Å²) in [6.07, 6.45) is 1.65. The minimum Gasteiger partial charge on any atom is -0.307 e. The number of hydrogen-bond donors (Lipinski definition) is 1. The van der Waals surface area contributed by atoms with Gasteiger partial charge in [0.15, 0.2) is 0 Å². The minimum absolute atomic E-state index is 0.140. The van der Waals surface area contributed by atoms with Gasteiger partial charge in [0.1, 0.15) is 5.82 Å². The van der Waals surface area contributed by atoms with Gasteiger partial charge in [-0.25, -0.2) is 0 Å². The molecule has 100 valence electrons. The number of rotatable bonds is 2. The highest BCUT2D eigenvalue weighted by molar-refractivity contribution is 9.10.